The molecular weight excluding hydrogens is 384 g/mol. The molecule has 0 saturated heterocycles. The second-order valence-corrected chi connectivity index (χ2v) is 9.98. The van der Waals surface area contributed by atoms with Gasteiger partial charge in [0.1, 0.15) is 5.75 Å². The zero-order valence-corrected chi connectivity index (χ0v) is 18.3. The standard InChI is InChI=1S/C23H28N2O3S/c1-16-23-20-15-19(29(4,26)27)9-10-21(20)25(22(23)12-13-24(16)2)14-11-17-5-7-18(28-3)8-6-17/h5-10,15-16H,11-14H2,1-4H3. The highest BCUT2D eigenvalue weighted by Crippen LogP contribution is 2.38. The molecule has 0 saturated carbocycles. The van der Waals surface area contributed by atoms with Crippen LogP contribution < -0.4 is 4.74 Å². The summed E-state index contributed by atoms with van der Waals surface area (Å²) >= 11 is 0. The number of ether oxygens (including phenoxy) is 1. The van der Waals surface area contributed by atoms with Crippen LogP contribution >= 0.6 is 0 Å². The number of fused-ring (bicyclic) bond motifs is 3. The number of hydrogen-bond acceptors (Lipinski definition) is 4. The first-order chi connectivity index (χ1) is 13.8. The van der Waals surface area contributed by atoms with Crippen LogP contribution in [0.4, 0.5) is 0 Å². The van der Waals surface area contributed by atoms with Gasteiger partial charge < -0.3 is 9.30 Å². The summed E-state index contributed by atoms with van der Waals surface area (Å²) in [6.45, 7) is 4.08. The summed E-state index contributed by atoms with van der Waals surface area (Å²) in [6.07, 6.45) is 3.16. The third-order valence-corrected chi connectivity index (χ3v) is 7.29. The van der Waals surface area contributed by atoms with Crippen LogP contribution in [0.15, 0.2) is 47.4 Å². The Labute approximate surface area is 172 Å². The van der Waals surface area contributed by atoms with E-state index in [0.717, 1.165) is 42.6 Å². The number of benzene rings is 2. The summed E-state index contributed by atoms with van der Waals surface area (Å²) < 4.78 is 31.9. The average molecular weight is 413 g/mol. The minimum Gasteiger partial charge on any atom is -0.497 e. The molecule has 0 amide bonds. The van der Waals surface area contributed by atoms with Crippen molar-refractivity contribution in [2.45, 2.75) is 37.2 Å². The van der Waals surface area contributed by atoms with Gasteiger partial charge in [-0.15, -0.1) is 0 Å². The molecule has 1 unspecified atom stereocenters. The van der Waals surface area contributed by atoms with Crippen molar-refractivity contribution in [2.24, 2.45) is 0 Å². The Hall–Kier alpha value is -2.31. The van der Waals surface area contributed by atoms with Crippen molar-refractivity contribution in [3.8, 4) is 5.75 Å². The maximum atomic E-state index is 12.1. The van der Waals surface area contributed by atoms with Crippen LogP contribution in [-0.2, 0) is 29.2 Å². The van der Waals surface area contributed by atoms with Gasteiger partial charge in [0, 0.05) is 48.4 Å². The summed E-state index contributed by atoms with van der Waals surface area (Å²) in [7, 11) is 0.571. The quantitative estimate of drug-likeness (QED) is 0.639. The second-order valence-electron chi connectivity index (χ2n) is 7.97. The highest BCUT2D eigenvalue weighted by atomic mass is 32.2. The highest BCUT2D eigenvalue weighted by molar-refractivity contribution is 7.90. The maximum absolute atomic E-state index is 12.1. The van der Waals surface area contributed by atoms with Crippen LogP contribution in [0.1, 0.15) is 29.8 Å². The predicted molar refractivity (Wildman–Crippen MR) is 116 cm³/mol. The van der Waals surface area contributed by atoms with Gasteiger partial charge in [0.05, 0.1) is 12.0 Å². The number of sulfone groups is 1. The molecule has 154 valence electrons. The van der Waals surface area contributed by atoms with Gasteiger partial charge in [0.25, 0.3) is 0 Å². The number of aromatic nitrogens is 1. The Balaban J connectivity index is 1.78. The Bertz CT molecular complexity index is 1150. The van der Waals surface area contributed by atoms with Gasteiger partial charge in [-0.2, -0.15) is 0 Å². The highest BCUT2D eigenvalue weighted by Gasteiger charge is 2.28. The van der Waals surface area contributed by atoms with E-state index < -0.39 is 9.84 Å². The van der Waals surface area contributed by atoms with Crippen molar-refractivity contribution in [1.29, 1.82) is 0 Å². The molecule has 0 spiro atoms. The molecule has 0 radical (unpaired) electrons. The average Bonchev–Trinajstić information content (AvgIpc) is 3.02. The van der Waals surface area contributed by atoms with E-state index >= 15 is 0 Å². The van der Waals surface area contributed by atoms with Crippen molar-refractivity contribution in [3.63, 3.8) is 0 Å². The summed E-state index contributed by atoms with van der Waals surface area (Å²) in [5.41, 5.74) is 4.99. The largest absolute Gasteiger partial charge is 0.497 e. The molecule has 1 aliphatic rings. The summed E-state index contributed by atoms with van der Waals surface area (Å²) in [5.74, 6) is 0.864. The molecular formula is C23H28N2O3S. The van der Waals surface area contributed by atoms with Crippen molar-refractivity contribution in [2.75, 3.05) is 27.0 Å². The summed E-state index contributed by atoms with van der Waals surface area (Å²) in [6, 6.07) is 14.0. The third-order valence-electron chi connectivity index (χ3n) is 6.18. The number of hydrogen-bond donors (Lipinski definition) is 0. The fourth-order valence-corrected chi connectivity index (χ4v) is 5.01. The molecule has 29 heavy (non-hydrogen) atoms. The fraction of sp³-hybridized carbons (Fsp3) is 0.391. The smallest absolute Gasteiger partial charge is 0.175 e. The number of methoxy groups -OCH3 is 1. The molecule has 3 aromatic rings. The lowest BCUT2D eigenvalue weighted by Gasteiger charge is -2.31. The van der Waals surface area contributed by atoms with Crippen LogP contribution in [0.25, 0.3) is 10.9 Å². The lowest BCUT2D eigenvalue weighted by molar-refractivity contribution is 0.245. The molecule has 1 atom stereocenters. The number of nitrogens with zero attached hydrogens (tertiary/aromatic N) is 2. The van der Waals surface area contributed by atoms with Gasteiger partial charge in [-0.1, -0.05) is 12.1 Å². The molecule has 1 aromatic heterocycles. The van der Waals surface area contributed by atoms with Gasteiger partial charge in [-0.3, -0.25) is 4.90 Å². The van der Waals surface area contributed by atoms with Crippen LogP contribution in [0.3, 0.4) is 0 Å². The minimum absolute atomic E-state index is 0.262. The lowest BCUT2D eigenvalue weighted by atomic mass is 9.97. The van der Waals surface area contributed by atoms with Crippen LogP contribution in [-0.4, -0.2) is 44.8 Å². The molecule has 6 heteroatoms. The van der Waals surface area contributed by atoms with Gasteiger partial charge in [0.15, 0.2) is 9.84 Å². The predicted octanol–water partition coefficient (Wildman–Crippen LogP) is 3.85. The molecule has 0 N–H and O–H groups in total. The van der Waals surface area contributed by atoms with E-state index in [9.17, 15) is 8.42 Å². The monoisotopic (exact) mass is 412 g/mol. The van der Waals surface area contributed by atoms with Gasteiger partial charge >= 0.3 is 0 Å². The minimum atomic E-state index is -3.24. The molecule has 0 bridgehead atoms. The zero-order valence-electron chi connectivity index (χ0n) is 17.5. The number of rotatable bonds is 5. The molecule has 2 heterocycles. The summed E-state index contributed by atoms with van der Waals surface area (Å²) in [5, 5.41) is 1.07. The Morgan fingerprint density at radius 2 is 1.86 bits per heavy atom. The molecule has 0 aliphatic carbocycles. The van der Waals surface area contributed by atoms with Crippen LogP contribution in [0, 0.1) is 0 Å². The topological polar surface area (TPSA) is 51.5 Å². The van der Waals surface area contributed by atoms with Crippen LogP contribution in [0.5, 0.6) is 5.75 Å². The molecule has 1 aliphatic heterocycles. The van der Waals surface area contributed by atoms with Crippen molar-refractivity contribution in [1.82, 2.24) is 9.47 Å². The molecule has 0 fully saturated rings. The van der Waals surface area contributed by atoms with Crippen molar-refractivity contribution >= 4 is 20.7 Å². The van der Waals surface area contributed by atoms with Crippen molar-refractivity contribution < 1.29 is 13.2 Å². The maximum Gasteiger partial charge on any atom is 0.175 e. The van der Waals surface area contributed by atoms with E-state index in [4.69, 9.17) is 4.74 Å². The van der Waals surface area contributed by atoms with Crippen LogP contribution in [0.2, 0.25) is 0 Å². The Morgan fingerprint density at radius 3 is 2.52 bits per heavy atom. The first-order valence-electron chi connectivity index (χ1n) is 9.98. The van der Waals surface area contributed by atoms with E-state index in [2.05, 4.69) is 35.6 Å². The van der Waals surface area contributed by atoms with Crippen molar-refractivity contribution in [3.05, 3.63) is 59.3 Å². The van der Waals surface area contributed by atoms with E-state index in [1.54, 1.807) is 13.2 Å². The first kappa shape index (κ1) is 20.0. The number of aryl methyl sites for hydroxylation is 2. The van der Waals surface area contributed by atoms with Gasteiger partial charge in [-0.05, 0) is 61.9 Å². The second kappa shape index (κ2) is 7.50. The molecule has 4 rings (SSSR count). The van der Waals surface area contributed by atoms with E-state index in [-0.39, 0.29) is 6.04 Å². The Kier molecular flexibility index (Phi) is 5.17. The third kappa shape index (κ3) is 3.67. The summed E-state index contributed by atoms with van der Waals surface area (Å²) in [4.78, 5) is 2.73. The van der Waals surface area contributed by atoms with E-state index in [1.165, 1.54) is 23.1 Å². The van der Waals surface area contributed by atoms with E-state index in [1.807, 2.05) is 24.3 Å². The first-order valence-corrected chi connectivity index (χ1v) is 11.9. The molecule has 5 nitrogen and oxygen atoms in total. The Morgan fingerprint density at radius 1 is 1.14 bits per heavy atom. The number of likely N-dealkylation sites (N-methyl/N-ethyl adjacent to an activating group) is 1. The van der Waals surface area contributed by atoms with Gasteiger partial charge in [0.2, 0.25) is 0 Å². The van der Waals surface area contributed by atoms with Gasteiger partial charge in [-0.25, -0.2) is 8.42 Å². The fourth-order valence-electron chi connectivity index (χ4n) is 4.36. The normalized spacial score (nSPS) is 17.4. The molecule has 2 aromatic carbocycles. The lowest BCUT2D eigenvalue weighted by Crippen LogP contribution is -2.31. The zero-order chi connectivity index (χ0) is 20.8. The van der Waals surface area contributed by atoms with E-state index in [0.29, 0.717) is 4.90 Å². The SMILES string of the molecule is COc1ccc(CCn2c3c(c4cc(S(C)(=O)=O)ccc42)C(C)N(C)CC3)cc1.